The van der Waals surface area contributed by atoms with Crippen LogP contribution in [0.25, 0.3) is 0 Å². The first-order valence-corrected chi connectivity index (χ1v) is 6.24. The fourth-order valence-corrected chi connectivity index (χ4v) is 1.91. The Balaban J connectivity index is 4.48. The summed E-state index contributed by atoms with van der Waals surface area (Å²) < 4.78 is 0. The Morgan fingerprint density at radius 1 is 0.500 bits per heavy atom. The van der Waals surface area contributed by atoms with E-state index in [1.54, 1.807) is 0 Å². The van der Waals surface area contributed by atoms with Crippen molar-refractivity contribution in [1.82, 2.24) is 14.7 Å². The van der Waals surface area contributed by atoms with Crippen LogP contribution in [0.4, 0.5) is 0 Å². The average molecular weight is 229 g/mol. The standard InChI is InChI=1S/C13H31N3/c1-10(14(5)6)12(3)16(9)13(4)11(2)15(7)8/h10-13H,1-9H3. The van der Waals surface area contributed by atoms with Crippen LogP contribution in [0, 0.1) is 0 Å². The molecule has 0 saturated carbocycles. The Morgan fingerprint density at radius 2 is 0.750 bits per heavy atom. The van der Waals surface area contributed by atoms with Gasteiger partial charge in [-0.2, -0.15) is 0 Å². The van der Waals surface area contributed by atoms with Crippen LogP contribution in [-0.2, 0) is 0 Å². The Labute approximate surface area is 102 Å². The second-order valence-corrected chi connectivity index (χ2v) is 5.56. The zero-order valence-electron chi connectivity index (χ0n) is 12.7. The van der Waals surface area contributed by atoms with E-state index in [2.05, 4.69) is 77.6 Å². The zero-order chi connectivity index (χ0) is 13.0. The molecule has 0 aromatic rings. The van der Waals surface area contributed by atoms with Crippen molar-refractivity contribution in [3.8, 4) is 0 Å². The van der Waals surface area contributed by atoms with Crippen molar-refractivity contribution in [3.05, 3.63) is 0 Å². The molecular formula is C13H31N3. The molecule has 0 aliphatic heterocycles. The highest BCUT2D eigenvalue weighted by molar-refractivity contribution is 4.83. The first kappa shape index (κ1) is 15.9. The summed E-state index contributed by atoms with van der Waals surface area (Å²) in [5, 5.41) is 0. The molecule has 98 valence electrons. The molecule has 0 amide bonds. The maximum Gasteiger partial charge on any atom is 0.0220 e. The third kappa shape index (κ3) is 4.04. The average Bonchev–Trinajstić information content (AvgIpc) is 2.23. The van der Waals surface area contributed by atoms with Crippen LogP contribution in [-0.4, -0.2) is 74.1 Å². The van der Waals surface area contributed by atoms with Crippen molar-refractivity contribution in [2.24, 2.45) is 0 Å². The molecule has 3 nitrogen and oxygen atoms in total. The number of likely N-dealkylation sites (N-methyl/N-ethyl adjacent to an activating group) is 3. The van der Waals surface area contributed by atoms with Gasteiger partial charge in [0.15, 0.2) is 0 Å². The Kier molecular flexibility index (Phi) is 6.53. The molecule has 0 N–H and O–H groups in total. The first-order valence-electron chi connectivity index (χ1n) is 6.24. The van der Waals surface area contributed by atoms with Gasteiger partial charge in [-0.05, 0) is 62.9 Å². The number of rotatable bonds is 6. The second-order valence-electron chi connectivity index (χ2n) is 5.56. The fraction of sp³-hybridized carbons (Fsp3) is 1.00. The summed E-state index contributed by atoms with van der Waals surface area (Å²) in [5.74, 6) is 0. The van der Waals surface area contributed by atoms with E-state index in [1.165, 1.54) is 0 Å². The highest BCUT2D eigenvalue weighted by Crippen LogP contribution is 2.14. The van der Waals surface area contributed by atoms with Crippen molar-refractivity contribution < 1.29 is 0 Å². The van der Waals surface area contributed by atoms with Gasteiger partial charge in [0.1, 0.15) is 0 Å². The van der Waals surface area contributed by atoms with E-state index in [4.69, 9.17) is 0 Å². The second kappa shape index (κ2) is 6.58. The van der Waals surface area contributed by atoms with E-state index < -0.39 is 0 Å². The summed E-state index contributed by atoms with van der Waals surface area (Å²) in [7, 11) is 10.8. The lowest BCUT2D eigenvalue weighted by Crippen LogP contribution is -2.53. The Bertz CT molecular complexity index is 172. The molecule has 4 atom stereocenters. The maximum absolute atomic E-state index is 2.48. The third-order valence-electron chi connectivity index (χ3n) is 4.31. The van der Waals surface area contributed by atoms with Crippen LogP contribution in [0.1, 0.15) is 27.7 Å². The van der Waals surface area contributed by atoms with Gasteiger partial charge < -0.3 is 9.80 Å². The van der Waals surface area contributed by atoms with Gasteiger partial charge in [0, 0.05) is 24.2 Å². The van der Waals surface area contributed by atoms with Crippen LogP contribution >= 0.6 is 0 Å². The van der Waals surface area contributed by atoms with E-state index in [9.17, 15) is 0 Å². The van der Waals surface area contributed by atoms with Gasteiger partial charge >= 0.3 is 0 Å². The van der Waals surface area contributed by atoms with Crippen molar-refractivity contribution >= 4 is 0 Å². The lowest BCUT2D eigenvalue weighted by molar-refractivity contribution is 0.0796. The summed E-state index contributed by atoms with van der Waals surface area (Å²) in [6.07, 6.45) is 0. The molecule has 0 saturated heterocycles. The summed E-state index contributed by atoms with van der Waals surface area (Å²) in [6, 6.07) is 2.27. The molecule has 0 rings (SSSR count). The molecule has 4 unspecified atom stereocenters. The molecule has 0 bridgehead atoms. The van der Waals surface area contributed by atoms with Crippen LogP contribution in [0.5, 0.6) is 0 Å². The fourth-order valence-electron chi connectivity index (χ4n) is 1.91. The van der Waals surface area contributed by atoms with E-state index in [0.717, 1.165) is 0 Å². The lowest BCUT2D eigenvalue weighted by Gasteiger charge is -2.41. The van der Waals surface area contributed by atoms with E-state index in [1.807, 2.05) is 0 Å². The van der Waals surface area contributed by atoms with Crippen molar-refractivity contribution in [3.63, 3.8) is 0 Å². The Morgan fingerprint density at radius 3 is 0.938 bits per heavy atom. The highest BCUT2D eigenvalue weighted by Gasteiger charge is 2.26. The van der Waals surface area contributed by atoms with Gasteiger partial charge in [-0.1, -0.05) is 0 Å². The van der Waals surface area contributed by atoms with Crippen molar-refractivity contribution in [1.29, 1.82) is 0 Å². The topological polar surface area (TPSA) is 9.72 Å². The monoisotopic (exact) mass is 229 g/mol. The SMILES string of the molecule is CC(C(C)N(C)C(C)C(C)N(C)C)N(C)C. The molecule has 0 fully saturated rings. The van der Waals surface area contributed by atoms with Gasteiger partial charge in [0.05, 0.1) is 0 Å². The predicted octanol–water partition coefficient (Wildman–Crippen LogP) is 1.60. The number of hydrogen-bond acceptors (Lipinski definition) is 3. The Hall–Kier alpha value is -0.120. The molecule has 16 heavy (non-hydrogen) atoms. The van der Waals surface area contributed by atoms with Gasteiger partial charge in [-0.3, -0.25) is 4.90 Å². The van der Waals surface area contributed by atoms with Crippen LogP contribution in [0.3, 0.4) is 0 Å². The van der Waals surface area contributed by atoms with Gasteiger partial charge in [0.2, 0.25) is 0 Å². The largest absolute Gasteiger partial charge is 0.305 e. The maximum atomic E-state index is 2.48. The molecule has 0 heterocycles. The third-order valence-corrected chi connectivity index (χ3v) is 4.31. The van der Waals surface area contributed by atoms with E-state index >= 15 is 0 Å². The molecule has 0 radical (unpaired) electrons. The molecular weight excluding hydrogens is 198 g/mol. The number of hydrogen-bond donors (Lipinski definition) is 0. The van der Waals surface area contributed by atoms with E-state index in [-0.39, 0.29) is 0 Å². The summed E-state index contributed by atoms with van der Waals surface area (Å²) in [6.45, 7) is 9.19. The van der Waals surface area contributed by atoms with Crippen molar-refractivity contribution in [2.45, 2.75) is 51.9 Å². The summed E-state index contributed by atoms with van der Waals surface area (Å²) >= 11 is 0. The van der Waals surface area contributed by atoms with Crippen LogP contribution < -0.4 is 0 Å². The molecule has 0 aliphatic rings. The molecule has 0 spiro atoms. The minimum atomic E-state index is 0.562. The molecule has 0 aliphatic carbocycles. The first-order chi connectivity index (χ1) is 7.20. The lowest BCUT2D eigenvalue weighted by atomic mass is 10.0. The zero-order valence-corrected chi connectivity index (χ0v) is 12.7. The van der Waals surface area contributed by atoms with Crippen molar-refractivity contribution in [2.75, 3.05) is 35.2 Å². The summed E-state index contributed by atoms with van der Waals surface area (Å²) in [4.78, 5) is 7.05. The van der Waals surface area contributed by atoms with E-state index in [0.29, 0.717) is 24.2 Å². The van der Waals surface area contributed by atoms with Crippen LogP contribution in [0.15, 0.2) is 0 Å². The predicted molar refractivity (Wildman–Crippen MR) is 73.0 cm³/mol. The quantitative estimate of drug-likeness (QED) is 0.685. The van der Waals surface area contributed by atoms with Gasteiger partial charge in [-0.25, -0.2) is 0 Å². The normalized spacial score (nSPS) is 20.2. The van der Waals surface area contributed by atoms with Gasteiger partial charge in [0.25, 0.3) is 0 Å². The van der Waals surface area contributed by atoms with Gasteiger partial charge in [-0.15, -0.1) is 0 Å². The van der Waals surface area contributed by atoms with Crippen LogP contribution in [0.2, 0.25) is 0 Å². The smallest absolute Gasteiger partial charge is 0.0220 e. The summed E-state index contributed by atoms with van der Waals surface area (Å²) in [5.41, 5.74) is 0. The molecule has 0 aromatic carbocycles. The molecule has 0 aromatic heterocycles. The highest BCUT2D eigenvalue weighted by atomic mass is 15.3. The minimum Gasteiger partial charge on any atom is -0.305 e. The molecule has 3 heteroatoms. The minimum absolute atomic E-state index is 0.562. The number of nitrogens with zero attached hydrogens (tertiary/aromatic N) is 3.